The number of carbonyl (C=O) groups excluding carboxylic acids is 1. The van der Waals surface area contributed by atoms with Gasteiger partial charge in [0.1, 0.15) is 5.82 Å². The summed E-state index contributed by atoms with van der Waals surface area (Å²) in [5, 5.41) is 4.84. The molecule has 0 spiro atoms. The Morgan fingerprint density at radius 1 is 1.24 bits per heavy atom. The van der Waals surface area contributed by atoms with Crippen LogP contribution in [0.2, 0.25) is 5.02 Å². The zero-order chi connectivity index (χ0) is 23.8. The van der Waals surface area contributed by atoms with E-state index in [4.69, 9.17) is 11.6 Å². The molecule has 0 saturated heterocycles. The normalized spacial score (nSPS) is 14.4. The predicted molar refractivity (Wildman–Crippen MR) is 117 cm³/mol. The molecule has 0 atom stereocenters. The first-order valence-electron chi connectivity index (χ1n) is 10.5. The largest absolute Gasteiger partial charge is 0.390 e. The van der Waals surface area contributed by atoms with Crippen molar-refractivity contribution >= 4 is 17.5 Å². The Labute approximate surface area is 194 Å². The summed E-state index contributed by atoms with van der Waals surface area (Å²) in [6.45, 7) is 1.35. The predicted octanol–water partition coefficient (Wildman–Crippen LogP) is 3.93. The number of pyridine rings is 1. The number of hydrogen-bond donors (Lipinski definition) is 0. The molecular weight excluding hydrogens is 457 g/mol. The van der Waals surface area contributed by atoms with E-state index in [9.17, 15) is 18.0 Å². The topological polar surface area (TPSA) is 59.2 Å². The van der Waals surface area contributed by atoms with Crippen molar-refractivity contribution in [1.29, 1.82) is 0 Å². The monoisotopic (exact) mass is 480 g/mol. The van der Waals surface area contributed by atoms with Gasteiger partial charge in [0.05, 0.1) is 11.4 Å². The highest BCUT2D eigenvalue weighted by Gasteiger charge is 2.32. The third kappa shape index (κ3) is 5.22. The quantitative estimate of drug-likeness (QED) is 0.536. The van der Waals surface area contributed by atoms with E-state index in [-0.39, 0.29) is 18.1 Å². The Morgan fingerprint density at radius 3 is 2.70 bits per heavy atom. The van der Waals surface area contributed by atoms with Gasteiger partial charge in [-0.05, 0) is 24.3 Å². The van der Waals surface area contributed by atoms with Crippen LogP contribution in [-0.2, 0) is 26.1 Å². The average molecular weight is 481 g/mol. The Balaban J connectivity index is 1.58. The van der Waals surface area contributed by atoms with E-state index >= 15 is 0 Å². The van der Waals surface area contributed by atoms with Crippen molar-refractivity contribution < 1.29 is 18.0 Å². The van der Waals surface area contributed by atoms with Crippen LogP contribution >= 0.6 is 11.6 Å². The van der Waals surface area contributed by atoms with Gasteiger partial charge in [-0.25, -0.2) is 4.98 Å². The van der Waals surface area contributed by atoms with Crippen molar-refractivity contribution in [2.75, 3.05) is 20.6 Å². The van der Waals surface area contributed by atoms with Gasteiger partial charge in [-0.3, -0.25) is 14.4 Å². The van der Waals surface area contributed by atoms with E-state index in [0.717, 1.165) is 11.5 Å². The molecule has 0 radical (unpaired) electrons. The number of nitrogens with zero attached hydrogens (tertiary/aromatic N) is 6. The van der Waals surface area contributed by atoms with Gasteiger partial charge < -0.3 is 9.47 Å². The number of amides is 1. The molecule has 1 aliphatic heterocycles. The number of halogens is 4. The first-order chi connectivity index (χ1) is 15.6. The molecule has 3 aromatic rings. The Kier molecular flexibility index (Phi) is 6.49. The zero-order valence-corrected chi connectivity index (χ0v) is 19.1. The molecule has 1 aliphatic rings. The van der Waals surface area contributed by atoms with Crippen LogP contribution in [0.15, 0.2) is 36.7 Å². The summed E-state index contributed by atoms with van der Waals surface area (Å²) in [7, 11) is 3.21. The van der Waals surface area contributed by atoms with Crippen molar-refractivity contribution in [1.82, 2.24) is 29.1 Å². The lowest BCUT2D eigenvalue weighted by molar-refractivity contribution is -0.137. The molecule has 3 aromatic heterocycles. The summed E-state index contributed by atoms with van der Waals surface area (Å²) >= 11 is 5.95. The second-order valence-electron chi connectivity index (χ2n) is 8.23. The molecule has 0 bridgehead atoms. The lowest BCUT2D eigenvalue weighted by Crippen LogP contribution is -2.33. The van der Waals surface area contributed by atoms with E-state index in [2.05, 4.69) is 15.0 Å². The number of aryl methyl sites for hydroxylation is 1. The van der Waals surface area contributed by atoms with Crippen LogP contribution in [0.3, 0.4) is 0 Å². The van der Waals surface area contributed by atoms with E-state index in [1.807, 2.05) is 29.0 Å². The molecule has 0 aliphatic carbocycles. The zero-order valence-electron chi connectivity index (χ0n) is 18.3. The number of hydrogen-bond acceptors (Lipinski definition) is 4. The van der Waals surface area contributed by atoms with Crippen LogP contribution in [0, 0.1) is 0 Å². The lowest BCUT2D eigenvalue weighted by Gasteiger charge is -2.28. The molecule has 0 N–H and O–H groups in total. The summed E-state index contributed by atoms with van der Waals surface area (Å²) in [4.78, 5) is 20.6. The second kappa shape index (κ2) is 9.18. The summed E-state index contributed by atoms with van der Waals surface area (Å²) in [5.41, 5.74) is 2.62. The molecule has 7 nitrogen and oxygen atoms in total. The van der Waals surface area contributed by atoms with Gasteiger partial charge in [0.15, 0.2) is 5.69 Å². The number of alkyl halides is 3. The second-order valence-corrected chi connectivity index (χ2v) is 8.66. The number of rotatable bonds is 6. The summed E-state index contributed by atoms with van der Waals surface area (Å²) < 4.78 is 41.7. The smallest absolute Gasteiger partial charge is 0.343 e. The van der Waals surface area contributed by atoms with Crippen LogP contribution in [-0.4, -0.2) is 61.9 Å². The van der Waals surface area contributed by atoms with Crippen LogP contribution in [0.25, 0.3) is 5.82 Å². The molecule has 1 amide bonds. The first kappa shape index (κ1) is 23.3. The van der Waals surface area contributed by atoms with Crippen molar-refractivity contribution in [2.24, 2.45) is 0 Å². The minimum atomic E-state index is -4.29. The third-order valence-corrected chi connectivity index (χ3v) is 5.83. The fourth-order valence-electron chi connectivity index (χ4n) is 3.99. The van der Waals surface area contributed by atoms with E-state index in [1.165, 1.54) is 9.58 Å². The maximum Gasteiger partial charge on any atom is 0.390 e. The number of carbonyl (C=O) groups is 1. The third-order valence-electron chi connectivity index (χ3n) is 5.61. The maximum atomic E-state index is 12.8. The van der Waals surface area contributed by atoms with E-state index < -0.39 is 12.6 Å². The Bertz CT molecular complexity index is 1140. The van der Waals surface area contributed by atoms with Gasteiger partial charge >= 0.3 is 6.18 Å². The Hall–Kier alpha value is -2.85. The van der Waals surface area contributed by atoms with Crippen molar-refractivity contribution in [3.05, 3.63) is 64.3 Å². The van der Waals surface area contributed by atoms with E-state index in [1.54, 1.807) is 26.4 Å². The molecular formula is C22H24ClF3N6O. The first-order valence-corrected chi connectivity index (χ1v) is 10.9. The SMILES string of the molecule is CN(C)C(=O)c1nn(CCC(F)(F)F)c2c1CN(Cc1cccn1-c1ccc(Cl)cn1)CC2. The van der Waals surface area contributed by atoms with Crippen molar-refractivity contribution in [2.45, 2.75) is 38.7 Å². The minimum absolute atomic E-state index is 0.219. The molecule has 0 saturated carbocycles. The van der Waals surface area contributed by atoms with Gasteiger partial charge in [0, 0.05) is 76.0 Å². The van der Waals surface area contributed by atoms with Crippen LogP contribution < -0.4 is 0 Å². The standard InChI is InChI=1S/C22H24ClF3N6O/c1-29(2)21(33)20-17-14-30(10-7-18(17)32(28-20)11-8-22(24,25)26)13-16-4-3-9-31(16)19-6-5-15(23)12-27-19/h3-6,9,12H,7-8,10-11,13-14H2,1-2H3. The van der Waals surface area contributed by atoms with Crippen LogP contribution in [0.4, 0.5) is 13.2 Å². The molecule has 0 unspecified atom stereocenters. The summed E-state index contributed by atoms with van der Waals surface area (Å²) in [6.07, 6.45) is -1.26. The van der Waals surface area contributed by atoms with E-state index in [0.29, 0.717) is 42.3 Å². The Morgan fingerprint density at radius 2 is 2.03 bits per heavy atom. The fourth-order valence-corrected chi connectivity index (χ4v) is 4.10. The van der Waals surface area contributed by atoms with Gasteiger partial charge in [-0.15, -0.1) is 0 Å². The highest BCUT2D eigenvalue weighted by molar-refractivity contribution is 6.30. The minimum Gasteiger partial charge on any atom is -0.343 e. The molecule has 11 heteroatoms. The van der Waals surface area contributed by atoms with Gasteiger partial charge in [-0.2, -0.15) is 18.3 Å². The van der Waals surface area contributed by atoms with Crippen LogP contribution in [0.1, 0.15) is 33.9 Å². The van der Waals surface area contributed by atoms with Gasteiger partial charge in [0.2, 0.25) is 0 Å². The van der Waals surface area contributed by atoms with Gasteiger partial charge in [-0.1, -0.05) is 11.6 Å². The maximum absolute atomic E-state index is 12.8. The molecule has 0 fully saturated rings. The van der Waals surface area contributed by atoms with Crippen molar-refractivity contribution in [3.8, 4) is 5.82 Å². The molecule has 4 heterocycles. The lowest BCUT2D eigenvalue weighted by atomic mass is 10.0. The van der Waals surface area contributed by atoms with Crippen LogP contribution in [0.5, 0.6) is 0 Å². The molecule has 33 heavy (non-hydrogen) atoms. The highest BCUT2D eigenvalue weighted by Crippen LogP contribution is 2.27. The highest BCUT2D eigenvalue weighted by atomic mass is 35.5. The average Bonchev–Trinajstić information content (AvgIpc) is 3.36. The number of aromatic nitrogens is 4. The molecule has 0 aromatic carbocycles. The summed E-state index contributed by atoms with van der Waals surface area (Å²) in [5.74, 6) is 0.424. The van der Waals surface area contributed by atoms with Gasteiger partial charge in [0.25, 0.3) is 5.91 Å². The van der Waals surface area contributed by atoms with Crippen molar-refractivity contribution in [3.63, 3.8) is 0 Å². The number of fused-ring (bicyclic) bond motifs is 1. The summed E-state index contributed by atoms with van der Waals surface area (Å²) in [6, 6.07) is 7.52. The molecule has 176 valence electrons. The fraction of sp³-hybridized carbons (Fsp3) is 0.409. The molecule has 4 rings (SSSR count).